The smallest absolute Gasteiger partial charge is 0.215 e. The van der Waals surface area contributed by atoms with E-state index < -0.39 is 0 Å². The minimum atomic E-state index is -0.193. The summed E-state index contributed by atoms with van der Waals surface area (Å²) in [5, 5.41) is 0. The minimum absolute atomic E-state index is 0.193. The first kappa shape index (κ1) is 20.0. The van der Waals surface area contributed by atoms with Crippen molar-refractivity contribution in [3.05, 3.63) is 83.7 Å². The highest BCUT2D eigenvalue weighted by atomic mass is 16.1. The van der Waals surface area contributed by atoms with Crippen molar-refractivity contribution in [2.45, 2.75) is 12.8 Å². The Morgan fingerprint density at radius 1 is 0.933 bits per heavy atom. The van der Waals surface area contributed by atoms with Gasteiger partial charge in [-0.25, -0.2) is 9.97 Å². The molecule has 0 bridgehead atoms. The van der Waals surface area contributed by atoms with Crippen LogP contribution in [-0.2, 0) is 6.42 Å². The molecule has 1 fully saturated rings. The fourth-order valence-corrected chi connectivity index (χ4v) is 3.83. The third kappa shape index (κ3) is 4.83. The Morgan fingerprint density at radius 2 is 1.80 bits per heavy atom. The summed E-state index contributed by atoms with van der Waals surface area (Å²) in [6.07, 6.45) is 3.72. The molecule has 3 heterocycles. The largest absolute Gasteiger partial charge is 0.383 e. The van der Waals surface area contributed by atoms with Gasteiger partial charge in [0.05, 0.1) is 5.56 Å². The van der Waals surface area contributed by atoms with E-state index in [4.69, 9.17) is 5.73 Å². The van der Waals surface area contributed by atoms with Crippen LogP contribution < -0.4 is 10.6 Å². The highest BCUT2D eigenvalue weighted by Crippen LogP contribution is 2.18. The van der Waals surface area contributed by atoms with Gasteiger partial charge in [-0.3, -0.25) is 4.79 Å². The molecule has 1 saturated heterocycles. The van der Waals surface area contributed by atoms with Gasteiger partial charge < -0.3 is 15.5 Å². The number of rotatable bonds is 6. The number of pyridine rings is 2. The fourth-order valence-electron chi connectivity index (χ4n) is 3.83. The number of nitrogen functional groups attached to an aromatic ring is 1. The second kappa shape index (κ2) is 9.50. The molecule has 1 aromatic carbocycles. The van der Waals surface area contributed by atoms with E-state index in [0.717, 1.165) is 51.4 Å². The van der Waals surface area contributed by atoms with Crippen LogP contribution in [-0.4, -0.2) is 53.4 Å². The van der Waals surface area contributed by atoms with E-state index in [0.29, 0.717) is 11.3 Å². The van der Waals surface area contributed by atoms with Crippen molar-refractivity contribution in [3.63, 3.8) is 0 Å². The fraction of sp³-hybridized carbons (Fsp3) is 0.292. The summed E-state index contributed by atoms with van der Waals surface area (Å²) in [5.41, 5.74) is 8.04. The summed E-state index contributed by atoms with van der Waals surface area (Å²) in [6, 6.07) is 19.6. The summed E-state index contributed by atoms with van der Waals surface area (Å²) in [7, 11) is 0. The third-order valence-corrected chi connectivity index (χ3v) is 5.52. The Bertz CT molecular complexity index is 992. The Morgan fingerprint density at radius 3 is 2.63 bits per heavy atom. The predicted molar refractivity (Wildman–Crippen MR) is 120 cm³/mol. The summed E-state index contributed by atoms with van der Waals surface area (Å²) in [5.74, 6) is 0.883. The maximum Gasteiger partial charge on any atom is 0.215 e. The monoisotopic (exact) mass is 401 g/mol. The molecule has 30 heavy (non-hydrogen) atoms. The maximum atomic E-state index is 12.8. The molecule has 1 aliphatic heterocycles. The number of ketones is 1. The van der Waals surface area contributed by atoms with E-state index in [2.05, 4.69) is 50.1 Å². The van der Waals surface area contributed by atoms with E-state index in [1.54, 1.807) is 24.4 Å². The lowest BCUT2D eigenvalue weighted by Crippen LogP contribution is -2.32. The maximum absolute atomic E-state index is 12.8. The number of carbonyl (C=O) groups is 1. The van der Waals surface area contributed by atoms with Crippen molar-refractivity contribution in [3.8, 4) is 0 Å². The van der Waals surface area contributed by atoms with Gasteiger partial charge in [0, 0.05) is 32.4 Å². The van der Waals surface area contributed by atoms with Gasteiger partial charge in [-0.15, -0.1) is 0 Å². The second-order valence-electron chi connectivity index (χ2n) is 7.56. The van der Waals surface area contributed by atoms with Crippen molar-refractivity contribution in [1.82, 2.24) is 14.9 Å². The number of carbonyl (C=O) groups excluding carboxylic acids is 1. The molecule has 6 heteroatoms. The Kier molecular flexibility index (Phi) is 6.35. The number of hydrogen-bond donors (Lipinski definition) is 1. The number of aromatic nitrogens is 2. The number of benzene rings is 1. The molecule has 0 aliphatic carbocycles. The predicted octanol–water partition coefficient (Wildman–Crippen LogP) is 3.04. The van der Waals surface area contributed by atoms with Crippen LogP contribution in [0.5, 0.6) is 0 Å². The number of hydrogen-bond acceptors (Lipinski definition) is 6. The molecule has 0 radical (unpaired) electrons. The molecule has 3 aromatic rings. The Balaban J connectivity index is 1.40. The van der Waals surface area contributed by atoms with Gasteiger partial charge in [0.2, 0.25) is 5.78 Å². The Hall–Kier alpha value is -3.25. The molecule has 1 aliphatic rings. The third-order valence-electron chi connectivity index (χ3n) is 5.52. The van der Waals surface area contributed by atoms with Crippen LogP contribution in [0.3, 0.4) is 0 Å². The molecule has 0 atom stereocenters. The highest BCUT2D eigenvalue weighted by molar-refractivity contribution is 6.10. The van der Waals surface area contributed by atoms with E-state index in [1.807, 2.05) is 12.1 Å². The number of nitrogens with zero attached hydrogens (tertiary/aromatic N) is 4. The van der Waals surface area contributed by atoms with E-state index in [1.165, 1.54) is 5.56 Å². The van der Waals surface area contributed by atoms with Crippen molar-refractivity contribution in [2.24, 2.45) is 0 Å². The standard InChI is InChI=1S/C24H27N5O/c25-24-20(9-5-13-26-24)23(30)21-10-4-11-22(27-21)29-15-6-14-28(17-18-29)16-12-19-7-2-1-3-8-19/h1-5,7-11,13H,6,12,14-18H2,(H2,25,26). The van der Waals surface area contributed by atoms with Gasteiger partial charge in [0.25, 0.3) is 0 Å². The normalized spacial score (nSPS) is 15.0. The first-order valence-corrected chi connectivity index (χ1v) is 10.4. The van der Waals surface area contributed by atoms with Gasteiger partial charge in [0.15, 0.2) is 0 Å². The van der Waals surface area contributed by atoms with Gasteiger partial charge in [-0.05, 0) is 49.2 Å². The quantitative estimate of drug-likeness (QED) is 0.640. The van der Waals surface area contributed by atoms with Gasteiger partial charge in [-0.2, -0.15) is 0 Å². The van der Waals surface area contributed by atoms with E-state index >= 15 is 0 Å². The number of nitrogens with two attached hydrogens (primary N) is 1. The molecular formula is C24H27N5O. The van der Waals surface area contributed by atoms with Crippen molar-refractivity contribution in [1.29, 1.82) is 0 Å². The second-order valence-corrected chi connectivity index (χ2v) is 7.56. The average Bonchev–Trinajstić information content (AvgIpc) is 3.04. The van der Waals surface area contributed by atoms with Crippen LogP contribution in [0.15, 0.2) is 66.9 Å². The van der Waals surface area contributed by atoms with Crippen LogP contribution in [0.25, 0.3) is 0 Å². The number of anilines is 2. The summed E-state index contributed by atoms with van der Waals surface area (Å²) in [4.78, 5) is 26.3. The zero-order valence-corrected chi connectivity index (χ0v) is 17.1. The molecule has 154 valence electrons. The average molecular weight is 402 g/mol. The lowest BCUT2D eigenvalue weighted by atomic mass is 10.1. The van der Waals surface area contributed by atoms with Crippen LogP contribution in [0.1, 0.15) is 28.0 Å². The molecule has 4 rings (SSSR count). The molecule has 0 saturated carbocycles. The van der Waals surface area contributed by atoms with Gasteiger partial charge in [0.1, 0.15) is 17.3 Å². The molecular weight excluding hydrogens is 374 g/mol. The first-order valence-electron chi connectivity index (χ1n) is 10.4. The first-order chi connectivity index (χ1) is 14.7. The molecule has 2 aromatic heterocycles. The van der Waals surface area contributed by atoms with Crippen LogP contribution in [0.4, 0.5) is 11.6 Å². The lowest BCUT2D eigenvalue weighted by molar-refractivity contribution is 0.103. The highest BCUT2D eigenvalue weighted by Gasteiger charge is 2.19. The molecule has 2 N–H and O–H groups in total. The molecule has 6 nitrogen and oxygen atoms in total. The van der Waals surface area contributed by atoms with Crippen LogP contribution >= 0.6 is 0 Å². The zero-order chi connectivity index (χ0) is 20.8. The minimum Gasteiger partial charge on any atom is -0.383 e. The van der Waals surface area contributed by atoms with Crippen LogP contribution in [0, 0.1) is 0 Å². The molecule has 0 spiro atoms. The summed E-state index contributed by atoms with van der Waals surface area (Å²) >= 11 is 0. The lowest BCUT2D eigenvalue weighted by Gasteiger charge is -2.23. The molecule has 0 amide bonds. The molecule has 0 unspecified atom stereocenters. The van der Waals surface area contributed by atoms with Gasteiger partial charge >= 0.3 is 0 Å². The Labute approximate surface area is 177 Å². The van der Waals surface area contributed by atoms with Crippen LogP contribution in [0.2, 0.25) is 0 Å². The SMILES string of the molecule is Nc1ncccc1C(=O)c1cccc(N2CCCN(CCc3ccccc3)CC2)n1. The van der Waals surface area contributed by atoms with Crippen molar-refractivity contribution < 1.29 is 4.79 Å². The van der Waals surface area contributed by atoms with E-state index in [-0.39, 0.29) is 11.6 Å². The zero-order valence-electron chi connectivity index (χ0n) is 17.1. The summed E-state index contributed by atoms with van der Waals surface area (Å²) < 4.78 is 0. The summed E-state index contributed by atoms with van der Waals surface area (Å²) in [6.45, 7) is 4.95. The van der Waals surface area contributed by atoms with E-state index in [9.17, 15) is 4.79 Å². The topological polar surface area (TPSA) is 75.3 Å². The van der Waals surface area contributed by atoms with Gasteiger partial charge in [-0.1, -0.05) is 36.4 Å². The van der Waals surface area contributed by atoms with Crippen molar-refractivity contribution in [2.75, 3.05) is 43.4 Å². The van der Waals surface area contributed by atoms with Crippen molar-refractivity contribution >= 4 is 17.4 Å².